The van der Waals surface area contributed by atoms with Gasteiger partial charge in [-0.05, 0) is 26.0 Å². The van der Waals surface area contributed by atoms with Gasteiger partial charge in [0, 0.05) is 23.0 Å². The standard InChI is InChI=1S/C16H17ClN2O3/c1-10(2)19-8-11(22-16(19)20)9-21-14-5-3-4-13-12(14)6-7-18-15(13)17/h3-7,10-11H,8-9H2,1-2H3. The molecule has 0 bridgehead atoms. The molecule has 0 spiro atoms. The molecular formula is C16H17ClN2O3. The van der Waals surface area contributed by atoms with Crippen molar-refractivity contribution in [2.24, 2.45) is 0 Å². The van der Waals surface area contributed by atoms with Crippen LogP contribution in [0, 0.1) is 0 Å². The van der Waals surface area contributed by atoms with Gasteiger partial charge in [-0.3, -0.25) is 0 Å². The number of benzene rings is 1. The van der Waals surface area contributed by atoms with Gasteiger partial charge in [0.05, 0.1) is 6.54 Å². The maximum atomic E-state index is 11.7. The molecule has 0 radical (unpaired) electrons. The Bertz CT molecular complexity index is 705. The number of carbonyl (C=O) groups excluding carboxylic acids is 1. The number of fused-ring (bicyclic) bond motifs is 1. The molecule has 116 valence electrons. The lowest BCUT2D eigenvalue weighted by Gasteiger charge is -2.17. The summed E-state index contributed by atoms with van der Waals surface area (Å²) < 4.78 is 11.2. The van der Waals surface area contributed by atoms with Crippen molar-refractivity contribution in [3.8, 4) is 5.75 Å². The largest absolute Gasteiger partial charge is 0.489 e. The minimum absolute atomic E-state index is 0.125. The van der Waals surface area contributed by atoms with Crippen LogP contribution in [0.15, 0.2) is 30.5 Å². The number of halogens is 1. The van der Waals surface area contributed by atoms with E-state index < -0.39 is 0 Å². The van der Waals surface area contributed by atoms with E-state index in [1.807, 2.05) is 38.1 Å². The summed E-state index contributed by atoms with van der Waals surface area (Å²) in [5.41, 5.74) is 0. The zero-order valence-electron chi connectivity index (χ0n) is 12.5. The second-order valence-corrected chi connectivity index (χ2v) is 5.87. The lowest BCUT2D eigenvalue weighted by atomic mass is 10.1. The van der Waals surface area contributed by atoms with E-state index in [-0.39, 0.29) is 18.2 Å². The number of hydrogen-bond donors (Lipinski definition) is 0. The Balaban J connectivity index is 1.73. The molecule has 0 saturated carbocycles. The van der Waals surface area contributed by atoms with E-state index in [1.54, 1.807) is 11.1 Å². The number of pyridine rings is 1. The van der Waals surface area contributed by atoms with Gasteiger partial charge < -0.3 is 14.4 Å². The second-order valence-electron chi connectivity index (χ2n) is 5.52. The van der Waals surface area contributed by atoms with Gasteiger partial charge in [0.25, 0.3) is 0 Å². The van der Waals surface area contributed by atoms with Crippen LogP contribution < -0.4 is 4.74 Å². The predicted octanol–water partition coefficient (Wildman–Crippen LogP) is 3.50. The highest BCUT2D eigenvalue weighted by atomic mass is 35.5. The fourth-order valence-corrected chi connectivity index (χ4v) is 2.72. The van der Waals surface area contributed by atoms with Crippen LogP contribution in [0.2, 0.25) is 5.15 Å². The van der Waals surface area contributed by atoms with Gasteiger partial charge in [-0.1, -0.05) is 23.7 Å². The summed E-state index contributed by atoms with van der Waals surface area (Å²) in [4.78, 5) is 17.5. The fourth-order valence-electron chi connectivity index (χ4n) is 2.50. The van der Waals surface area contributed by atoms with Crippen LogP contribution in [-0.4, -0.2) is 41.3 Å². The van der Waals surface area contributed by atoms with Crippen molar-refractivity contribution in [2.45, 2.75) is 26.0 Å². The molecule has 1 aromatic heterocycles. The maximum Gasteiger partial charge on any atom is 0.410 e. The summed E-state index contributed by atoms with van der Waals surface area (Å²) in [6, 6.07) is 7.62. The number of rotatable bonds is 4. The first-order valence-electron chi connectivity index (χ1n) is 7.19. The third-order valence-electron chi connectivity index (χ3n) is 3.67. The first kappa shape index (κ1) is 14.9. The minimum atomic E-state index is -0.284. The third-order valence-corrected chi connectivity index (χ3v) is 3.97. The molecule has 1 saturated heterocycles. The van der Waals surface area contributed by atoms with E-state index in [1.165, 1.54) is 0 Å². The van der Waals surface area contributed by atoms with Gasteiger partial charge in [0.15, 0.2) is 6.10 Å². The molecular weight excluding hydrogens is 304 g/mol. The lowest BCUT2D eigenvalue weighted by molar-refractivity contribution is 0.102. The smallest absolute Gasteiger partial charge is 0.410 e. The van der Waals surface area contributed by atoms with Gasteiger partial charge in [-0.2, -0.15) is 0 Å². The van der Waals surface area contributed by atoms with Gasteiger partial charge in [-0.25, -0.2) is 9.78 Å². The Kier molecular flexibility index (Phi) is 4.07. The van der Waals surface area contributed by atoms with E-state index in [4.69, 9.17) is 21.1 Å². The van der Waals surface area contributed by atoms with Crippen LogP contribution >= 0.6 is 11.6 Å². The molecule has 1 unspecified atom stereocenters. The Morgan fingerprint density at radius 3 is 2.95 bits per heavy atom. The Morgan fingerprint density at radius 2 is 2.23 bits per heavy atom. The van der Waals surface area contributed by atoms with Crippen LogP contribution in [0.5, 0.6) is 5.75 Å². The average Bonchev–Trinajstić information content (AvgIpc) is 2.87. The first-order chi connectivity index (χ1) is 10.6. The molecule has 5 nitrogen and oxygen atoms in total. The predicted molar refractivity (Wildman–Crippen MR) is 84.4 cm³/mol. The minimum Gasteiger partial charge on any atom is -0.489 e. The van der Waals surface area contributed by atoms with Crippen molar-refractivity contribution < 1.29 is 14.3 Å². The van der Waals surface area contributed by atoms with Gasteiger partial charge in [-0.15, -0.1) is 0 Å². The highest BCUT2D eigenvalue weighted by molar-refractivity contribution is 6.34. The summed E-state index contributed by atoms with van der Waals surface area (Å²) in [5, 5.41) is 2.18. The normalized spacial score (nSPS) is 18.1. The van der Waals surface area contributed by atoms with Crippen LogP contribution in [0.1, 0.15) is 13.8 Å². The van der Waals surface area contributed by atoms with Gasteiger partial charge in [0.2, 0.25) is 0 Å². The van der Waals surface area contributed by atoms with E-state index >= 15 is 0 Å². The zero-order valence-corrected chi connectivity index (χ0v) is 13.2. The fraction of sp³-hybridized carbons (Fsp3) is 0.375. The molecule has 1 aliphatic rings. The number of cyclic esters (lactones) is 1. The quantitative estimate of drug-likeness (QED) is 0.809. The van der Waals surface area contributed by atoms with Crippen molar-refractivity contribution in [1.29, 1.82) is 0 Å². The summed E-state index contributed by atoms with van der Waals surface area (Å²) in [7, 11) is 0. The number of carbonyl (C=O) groups is 1. The molecule has 6 heteroatoms. The molecule has 1 atom stereocenters. The summed E-state index contributed by atoms with van der Waals surface area (Å²) >= 11 is 6.09. The number of hydrogen-bond acceptors (Lipinski definition) is 4. The molecule has 22 heavy (non-hydrogen) atoms. The average molecular weight is 321 g/mol. The number of ether oxygens (including phenoxy) is 2. The van der Waals surface area contributed by atoms with Crippen LogP contribution in [-0.2, 0) is 4.74 Å². The van der Waals surface area contributed by atoms with Crippen LogP contribution in [0.3, 0.4) is 0 Å². The number of amides is 1. The number of aromatic nitrogens is 1. The second kappa shape index (κ2) is 6.01. The molecule has 2 heterocycles. The summed E-state index contributed by atoms with van der Waals surface area (Å²) in [6.07, 6.45) is 1.10. The van der Waals surface area contributed by atoms with Crippen molar-refractivity contribution in [3.05, 3.63) is 35.6 Å². The molecule has 0 N–H and O–H groups in total. The van der Waals surface area contributed by atoms with E-state index in [0.29, 0.717) is 24.1 Å². The van der Waals surface area contributed by atoms with E-state index in [0.717, 1.165) is 10.8 Å². The molecule has 0 aliphatic carbocycles. The van der Waals surface area contributed by atoms with Crippen molar-refractivity contribution in [1.82, 2.24) is 9.88 Å². The molecule has 2 aromatic rings. The Hall–Kier alpha value is -2.01. The monoisotopic (exact) mass is 320 g/mol. The molecule has 1 aromatic carbocycles. The Morgan fingerprint density at radius 1 is 1.41 bits per heavy atom. The Labute approximate surface area is 133 Å². The first-order valence-corrected chi connectivity index (χ1v) is 7.57. The third kappa shape index (κ3) is 2.81. The zero-order chi connectivity index (χ0) is 15.7. The lowest BCUT2D eigenvalue weighted by Crippen LogP contribution is -2.32. The van der Waals surface area contributed by atoms with Crippen LogP contribution in [0.4, 0.5) is 4.79 Å². The molecule has 1 fully saturated rings. The molecule has 3 rings (SSSR count). The number of nitrogens with zero attached hydrogens (tertiary/aromatic N) is 2. The van der Waals surface area contributed by atoms with Crippen LogP contribution in [0.25, 0.3) is 10.8 Å². The SMILES string of the molecule is CC(C)N1CC(COc2cccc3c(Cl)nccc23)OC1=O. The van der Waals surface area contributed by atoms with E-state index in [9.17, 15) is 4.79 Å². The molecule has 1 aliphatic heterocycles. The van der Waals surface area contributed by atoms with E-state index in [2.05, 4.69) is 4.98 Å². The maximum absolute atomic E-state index is 11.7. The summed E-state index contributed by atoms with van der Waals surface area (Å²) in [6.45, 7) is 4.78. The molecule has 1 amide bonds. The van der Waals surface area contributed by atoms with Crippen molar-refractivity contribution >= 4 is 28.5 Å². The topological polar surface area (TPSA) is 51.7 Å². The van der Waals surface area contributed by atoms with Gasteiger partial charge >= 0.3 is 6.09 Å². The highest BCUT2D eigenvalue weighted by Crippen LogP contribution is 2.29. The summed E-state index contributed by atoms with van der Waals surface area (Å²) in [5.74, 6) is 0.709. The van der Waals surface area contributed by atoms with Crippen molar-refractivity contribution in [3.63, 3.8) is 0 Å². The van der Waals surface area contributed by atoms with Crippen molar-refractivity contribution in [2.75, 3.05) is 13.2 Å². The highest BCUT2D eigenvalue weighted by Gasteiger charge is 2.33. The van der Waals surface area contributed by atoms with Gasteiger partial charge in [0.1, 0.15) is 17.5 Å².